The maximum absolute atomic E-state index is 13.9. The van der Waals surface area contributed by atoms with E-state index in [-0.39, 0.29) is 44.1 Å². The first kappa shape index (κ1) is 36.2. The van der Waals surface area contributed by atoms with Crippen LogP contribution in [0.15, 0.2) is 90.5 Å². The number of aliphatic hydroxyl groups excluding tert-OH is 1. The fourth-order valence-corrected chi connectivity index (χ4v) is 7.66. The Bertz CT molecular complexity index is 1830. The predicted molar refractivity (Wildman–Crippen MR) is 201 cm³/mol. The van der Waals surface area contributed by atoms with E-state index in [4.69, 9.17) is 31.5 Å². The molecule has 0 radical (unpaired) electrons. The topological polar surface area (TPSA) is 123 Å². The SMILES string of the molecule is CC12C=CC(CCC(=O)NC(Cc3ccccc3)[C@@H](O)CN(CCc3ccc4c(c3)OCC3CC43)C(=O)CCc3ccc(N)c(Cl)c3)=CC1OCO2. The Kier molecular flexibility index (Phi) is 11.0. The zero-order valence-electron chi connectivity index (χ0n) is 29.6. The van der Waals surface area contributed by atoms with Gasteiger partial charge in [0.1, 0.15) is 24.2 Å². The summed E-state index contributed by atoms with van der Waals surface area (Å²) in [6, 6.07) is 21.0. The van der Waals surface area contributed by atoms with Crippen molar-refractivity contribution in [3.63, 3.8) is 0 Å². The molecule has 3 aromatic rings. The molecule has 3 aromatic carbocycles. The van der Waals surface area contributed by atoms with Crippen molar-refractivity contribution in [1.82, 2.24) is 10.2 Å². The predicted octanol–water partition coefficient (Wildman–Crippen LogP) is 5.92. The third-order valence-corrected chi connectivity index (χ3v) is 11.2. The van der Waals surface area contributed by atoms with Gasteiger partial charge in [-0.1, -0.05) is 66.2 Å². The third-order valence-electron chi connectivity index (χ3n) is 10.9. The van der Waals surface area contributed by atoms with Crippen molar-refractivity contribution in [2.24, 2.45) is 5.92 Å². The van der Waals surface area contributed by atoms with Gasteiger partial charge in [0.25, 0.3) is 0 Å². The van der Waals surface area contributed by atoms with Crippen LogP contribution in [-0.2, 0) is 38.3 Å². The van der Waals surface area contributed by atoms with Crippen LogP contribution in [0.3, 0.4) is 0 Å². The summed E-state index contributed by atoms with van der Waals surface area (Å²) in [6.45, 7) is 3.46. The molecule has 1 saturated carbocycles. The summed E-state index contributed by atoms with van der Waals surface area (Å²) >= 11 is 6.26. The quantitative estimate of drug-likeness (QED) is 0.166. The van der Waals surface area contributed by atoms with Gasteiger partial charge >= 0.3 is 0 Å². The number of nitrogen functional groups attached to an aromatic ring is 1. The Balaban J connectivity index is 1.04. The molecule has 5 unspecified atom stereocenters. The van der Waals surface area contributed by atoms with E-state index in [0.717, 1.165) is 34.6 Å². The van der Waals surface area contributed by atoms with Crippen LogP contribution >= 0.6 is 11.6 Å². The Morgan fingerprint density at radius 1 is 1.04 bits per heavy atom. The molecule has 52 heavy (non-hydrogen) atoms. The van der Waals surface area contributed by atoms with Crippen molar-refractivity contribution < 1.29 is 28.9 Å². The molecule has 2 heterocycles. The van der Waals surface area contributed by atoms with Crippen molar-refractivity contribution in [1.29, 1.82) is 0 Å². The Hall–Kier alpha value is -4.15. The van der Waals surface area contributed by atoms with E-state index in [9.17, 15) is 14.7 Å². The normalized spacial score (nSPS) is 23.7. The molecule has 2 aliphatic carbocycles. The van der Waals surface area contributed by atoms with Gasteiger partial charge in [-0.2, -0.15) is 0 Å². The molecule has 4 aliphatic rings. The number of nitrogens with one attached hydrogen (secondary N) is 1. The number of fused-ring (bicyclic) bond motifs is 4. The summed E-state index contributed by atoms with van der Waals surface area (Å²) in [4.78, 5) is 29.1. The maximum Gasteiger partial charge on any atom is 0.223 e. The zero-order chi connectivity index (χ0) is 36.2. The number of rotatable bonds is 15. The number of allylic oxidation sites excluding steroid dienone is 2. The Morgan fingerprint density at radius 3 is 2.67 bits per heavy atom. The summed E-state index contributed by atoms with van der Waals surface area (Å²) in [7, 11) is 0. The Labute approximate surface area is 310 Å². The van der Waals surface area contributed by atoms with Crippen molar-refractivity contribution in [3.05, 3.63) is 118 Å². The molecule has 2 aliphatic heterocycles. The lowest BCUT2D eigenvalue weighted by molar-refractivity contribution is -0.133. The van der Waals surface area contributed by atoms with Crippen LogP contribution in [0, 0.1) is 5.92 Å². The number of aliphatic hydroxyl groups is 1. The highest BCUT2D eigenvalue weighted by atomic mass is 35.5. The average Bonchev–Trinajstić information content (AvgIpc) is 3.85. The maximum atomic E-state index is 13.9. The number of carbonyl (C=O) groups is 2. The number of ether oxygens (including phenoxy) is 3. The number of carbonyl (C=O) groups excluding carboxylic acids is 2. The second-order valence-corrected chi connectivity index (χ2v) is 15.2. The van der Waals surface area contributed by atoms with Crippen LogP contribution in [-0.4, -0.2) is 72.2 Å². The standard InChI is InChI=1S/C42H48ClN3O6/c1-42-17-15-29(22-39(42)51-26-52-42)9-13-40(48)45-36(20-27-5-3-2-4-6-27)37(47)24-46(41(49)14-10-28-8-12-35(44)34(43)19-28)18-16-30-7-11-32-33-23-31(33)25-50-38(32)21-30/h2-8,11-12,15,17,19,21-22,31,33,36-37,39,47H,9-10,13-14,16,18,20,23-26,44H2,1H3,(H,45,48)/t31?,33?,36?,37-,39?,42?/m0/s1. The summed E-state index contributed by atoms with van der Waals surface area (Å²) in [5.74, 6) is 1.93. The molecule has 9 nitrogen and oxygen atoms in total. The minimum absolute atomic E-state index is 0.0653. The number of nitrogens with zero attached hydrogens (tertiary/aromatic N) is 1. The lowest BCUT2D eigenvalue weighted by Gasteiger charge is -2.31. The zero-order valence-corrected chi connectivity index (χ0v) is 30.4. The van der Waals surface area contributed by atoms with Gasteiger partial charge in [-0.25, -0.2) is 0 Å². The van der Waals surface area contributed by atoms with Gasteiger partial charge in [0.2, 0.25) is 11.8 Å². The molecule has 7 rings (SSSR count). The number of amides is 2. The summed E-state index contributed by atoms with van der Waals surface area (Å²) in [5, 5.41) is 15.4. The monoisotopic (exact) mass is 725 g/mol. The molecule has 6 atom stereocenters. The smallest absolute Gasteiger partial charge is 0.223 e. The number of halogens is 1. The fraction of sp³-hybridized carbons (Fsp3) is 0.429. The molecule has 274 valence electrons. The molecule has 0 aromatic heterocycles. The van der Waals surface area contributed by atoms with Gasteiger partial charge in [-0.05, 0) is 103 Å². The molecule has 10 heteroatoms. The Morgan fingerprint density at radius 2 is 1.85 bits per heavy atom. The van der Waals surface area contributed by atoms with Crippen molar-refractivity contribution in [2.45, 2.75) is 81.6 Å². The van der Waals surface area contributed by atoms with Crippen LogP contribution in [0.4, 0.5) is 5.69 Å². The minimum atomic E-state index is -1.02. The minimum Gasteiger partial charge on any atom is -0.493 e. The van der Waals surface area contributed by atoms with Crippen molar-refractivity contribution >= 4 is 29.1 Å². The highest BCUT2D eigenvalue weighted by molar-refractivity contribution is 6.33. The number of hydrogen-bond donors (Lipinski definition) is 3. The van der Waals surface area contributed by atoms with E-state index in [1.165, 1.54) is 12.0 Å². The number of nitrogens with two attached hydrogens (primary N) is 1. The van der Waals surface area contributed by atoms with Gasteiger partial charge in [0.15, 0.2) is 0 Å². The summed E-state index contributed by atoms with van der Waals surface area (Å²) in [6.07, 6.45) is 8.50. The molecule has 0 bridgehead atoms. The van der Waals surface area contributed by atoms with Crippen molar-refractivity contribution in [3.8, 4) is 5.75 Å². The molecular formula is C42H48ClN3O6. The van der Waals surface area contributed by atoms with Crippen molar-refractivity contribution in [2.75, 3.05) is 32.2 Å². The van der Waals surface area contributed by atoms with Gasteiger partial charge in [-0.15, -0.1) is 0 Å². The van der Waals surface area contributed by atoms with Gasteiger partial charge in [0.05, 0.1) is 29.5 Å². The van der Waals surface area contributed by atoms with Gasteiger partial charge < -0.3 is 35.3 Å². The van der Waals surface area contributed by atoms with Crippen LogP contribution < -0.4 is 15.8 Å². The van der Waals surface area contributed by atoms with E-state index in [1.807, 2.05) is 61.5 Å². The summed E-state index contributed by atoms with van der Waals surface area (Å²) < 4.78 is 17.5. The van der Waals surface area contributed by atoms with E-state index in [2.05, 4.69) is 23.5 Å². The number of hydrogen-bond acceptors (Lipinski definition) is 7. The molecule has 2 amide bonds. The lowest BCUT2D eigenvalue weighted by Crippen LogP contribution is -2.51. The number of benzene rings is 3. The van der Waals surface area contributed by atoms with E-state index in [0.29, 0.717) is 54.8 Å². The molecule has 1 saturated heterocycles. The first-order chi connectivity index (χ1) is 25.1. The molecule has 2 fully saturated rings. The third kappa shape index (κ3) is 8.72. The van der Waals surface area contributed by atoms with Crippen LogP contribution in [0.2, 0.25) is 5.02 Å². The van der Waals surface area contributed by atoms with E-state index in [1.54, 1.807) is 17.0 Å². The van der Waals surface area contributed by atoms with Crippen LogP contribution in [0.5, 0.6) is 5.75 Å². The first-order valence-corrected chi connectivity index (χ1v) is 18.8. The van der Waals surface area contributed by atoms with E-state index >= 15 is 0 Å². The number of aryl methyl sites for hydroxylation is 1. The second kappa shape index (κ2) is 15.8. The molecule has 0 spiro atoms. The first-order valence-electron chi connectivity index (χ1n) is 18.4. The summed E-state index contributed by atoms with van der Waals surface area (Å²) in [5.41, 5.74) is 11.2. The van der Waals surface area contributed by atoms with Gasteiger partial charge in [0, 0.05) is 31.8 Å². The van der Waals surface area contributed by atoms with Crippen LogP contribution in [0.25, 0.3) is 0 Å². The second-order valence-electron chi connectivity index (χ2n) is 14.8. The van der Waals surface area contributed by atoms with Gasteiger partial charge in [-0.3, -0.25) is 9.59 Å². The lowest BCUT2D eigenvalue weighted by atomic mass is 9.89. The molecule has 4 N–H and O–H groups in total. The number of anilines is 1. The fourth-order valence-electron chi connectivity index (χ4n) is 7.46. The average molecular weight is 726 g/mol. The highest BCUT2D eigenvalue weighted by Crippen LogP contribution is 2.53. The van der Waals surface area contributed by atoms with E-state index < -0.39 is 17.7 Å². The molecular weight excluding hydrogens is 678 g/mol. The highest BCUT2D eigenvalue weighted by Gasteiger charge is 2.43. The largest absolute Gasteiger partial charge is 0.493 e. The van der Waals surface area contributed by atoms with Crippen LogP contribution in [0.1, 0.15) is 60.8 Å².